The van der Waals surface area contributed by atoms with Gasteiger partial charge in [-0.15, -0.1) is 0 Å². The topological polar surface area (TPSA) is 78.6 Å². The second-order valence-electron chi connectivity index (χ2n) is 7.69. The average Bonchev–Trinajstić information content (AvgIpc) is 3.45. The first kappa shape index (κ1) is 21.5. The van der Waals surface area contributed by atoms with Gasteiger partial charge >= 0.3 is 0 Å². The predicted octanol–water partition coefficient (Wildman–Crippen LogP) is 2.40. The van der Waals surface area contributed by atoms with E-state index in [2.05, 4.69) is 5.10 Å². The van der Waals surface area contributed by atoms with E-state index in [1.165, 1.54) is 5.01 Å². The molecule has 0 radical (unpaired) electrons. The van der Waals surface area contributed by atoms with E-state index in [0.717, 1.165) is 11.3 Å². The Bertz CT molecular complexity index is 939. The molecule has 1 saturated heterocycles. The molecule has 0 saturated carbocycles. The SMILES string of the molecule is CN(CC(=O)N1CCOCC1)CC(=O)N1N=C(c2ccc(Cl)cc2)CC1c1ccco1. The number of benzene rings is 1. The lowest BCUT2D eigenvalue weighted by atomic mass is 10.0. The fourth-order valence-corrected chi connectivity index (χ4v) is 3.89. The Morgan fingerprint density at radius 2 is 1.84 bits per heavy atom. The minimum Gasteiger partial charge on any atom is -0.467 e. The van der Waals surface area contributed by atoms with Crippen molar-refractivity contribution in [2.24, 2.45) is 5.10 Å². The summed E-state index contributed by atoms with van der Waals surface area (Å²) in [5, 5.41) is 6.72. The molecule has 0 spiro atoms. The van der Waals surface area contributed by atoms with Crippen LogP contribution < -0.4 is 0 Å². The van der Waals surface area contributed by atoms with Crippen molar-refractivity contribution in [3.63, 3.8) is 0 Å². The number of hydrogen-bond donors (Lipinski definition) is 0. The summed E-state index contributed by atoms with van der Waals surface area (Å²) in [6.45, 7) is 2.51. The molecular weight excluding hydrogens is 420 g/mol. The van der Waals surface area contributed by atoms with Crippen LogP contribution in [0.3, 0.4) is 0 Å². The molecule has 1 fully saturated rings. The third kappa shape index (κ3) is 5.15. The highest BCUT2D eigenvalue weighted by Gasteiger charge is 2.35. The van der Waals surface area contributed by atoms with Gasteiger partial charge in [0.2, 0.25) is 5.91 Å². The van der Waals surface area contributed by atoms with Crippen molar-refractivity contribution >= 4 is 29.1 Å². The van der Waals surface area contributed by atoms with E-state index in [1.807, 2.05) is 18.2 Å². The number of ether oxygens (including phenoxy) is 1. The van der Waals surface area contributed by atoms with Gasteiger partial charge in [-0.2, -0.15) is 5.10 Å². The number of carbonyl (C=O) groups excluding carboxylic acids is 2. The normalized spacial score (nSPS) is 19.1. The minimum absolute atomic E-state index is 0.00652. The van der Waals surface area contributed by atoms with Crippen LogP contribution in [0.1, 0.15) is 23.8 Å². The zero-order chi connectivity index (χ0) is 21.8. The summed E-state index contributed by atoms with van der Waals surface area (Å²) in [7, 11) is 1.76. The lowest BCUT2D eigenvalue weighted by Gasteiger charge is -2.29. The van der Waals surface area contributed by atoms with E-state index < -0.39 is 0 Å². The van der Waals surface area contributed by atoms with Crippen LogP contribution in [0.5, 0.6) is 0 Å². The summed E-state index contributed by atoms with van der Waals surface area (Å²) < 4.78 is 10.9. The highest BCUT2D eigenvalue weighted by molar-refractivity contribution is 6.30. The van der Waals surface area contributed by atoms with E-state index in [4.69, 9.17) is 20.8 Å². The molecule has 4 rings (SSSR count). The number of hydrogen-bond acceptors (Lipinski definition) is 6. The smallest absolute Gasteiger partial charge is 0.257 e. The number of amides is 2. The summed E-state index contributed by atoms with van der Waals surface area (Å²) >= 11 is 6.00. The van der Waals surface area contributed by atoms with Gasteiger partial charge in [-0.25, -0.2) is 5.01 Å². The molecule has 0 aliphatic carbocycles. The van der Waals surface area contributed by atoms with Crippen molar-refractivity contribution in [3.8, 4) is 0 Å². The molecule has 9 heteroatoms. The Hall–Kier alpha value is -2.68. The van der Waals surface area contributed by atoms with Gasteiger partial charge in [0.1, 0.15) is 11.8 Å². The zero-order valence-electron chi connectivity index (χ0n) is 17.4. The molecule has 164 valence electrons. The molecule has 1 aromatic heterocycles. The van der Waals surface area contributed by atoms with Gasteiger partial charge in [-0.05, 0) is 36.9 Å². The molecule has 2 amide bonds. The number of carbonyl (C=O) groups is 2. The summed E-state index contributed by atoms with van der Waals surface area (Å²) in [6.07, 6.45) is 2.13. The Balaban J connectivity index is 1.45. The van der Waals surface area contributed by atoms with Crippen LogP contribution in [0.25, 0.3) is 0 Å². The van der Waals surface area contributed by atoms with Crippen molar-refractivity contribution in [2.45, 2.75) is 12.5 Å². The standard InChI is InChI=1S/C22H25ClN4O4/c1-25(14-21(28)26-8-11-30-12-9-26)15-22(29)27-19(20-3-2-10-31-20)13-18(24-27)16-4-6-17(23)7-5-16/h2-7,10,19H,8-9,11-15H2,1H3. The Morgan fingerprint density at radius 3 is 2.52 bits per heavy atom. The lowest BCUT2D eigenvalue weighted by Crippen LogP contribution is -2.46. The second-order valence-corrected chi connectivity index (χ2v) is 8.13. The van der Waals surface area contributed by atoms with E-state index in [9.17, 15) is 9.59 Å². The van der Waals surface area contributed by atoms with Crippen molar-refractivity contribution < 1.29 is 18.7 Å². The van der Waals surface area contributed by atoms with Crippen LogP contribution in [-0.2, 0) is 14.3 Å². The third-order valence-electron chi connectivity index (χ3n) is 5.39. The highest BCUT2D eigenvalue weighted by atomic mass is 35.5. The summed E-state index contributed by atoms with van der Waals surface area (Å²) in [5.41, 5.74) is 1.70. The first-order chi connectivity index (χ1) is 15.0. The molecule has 2 aliphatic heterocycles. The molecule has 2 aliphatic rings. The van der Waals surface area contributed by atoms with Crippen LogP contribution in [0.15, 0.2) is 52.2 Å². The highest BCUT2D eigenvalue weighted by Crippen LogP contribution is 2.33. The van der Waals surface area contributed by atoms with Gasteiger partial charge in [0, 0.05) is 24.5 Å². The Kier molecular flexibility index (Phi) is 6.70. The van der Waals surface area contributed by atoms with Crippen molar-refractivity contribution in [1.82, 2.24) is 14.8 Å². The van der Waals surface area contributed by atoms with Crippen LogP contribution >= 0.6 is 11.6 Å². The quantitative estimate of drug-likeness (QED) is 0.683. The zero-order valence-corrected chi connectivity index (χ0v) is 18.1. The molecule has 8 nitrogen and oxygen atoms in total. The number of rotatable bonds is 6. The summed E-state index contributed by atoms with van der Waals surface area (Å²) in [4.78, 5) is 29.1. The summed E-state index contributed by atoms with van der Waals surface area (Å²) in [6, 6.07) is 10.7. The van der Waals surface area contributed by atoms with Crippen LogP contribution in [-0.4, -0.2) is 78.8 Å². The Morgan fingerprint density at radius 1 is 1.13 bits per heavy atom. The van der Waals surface area contributed by atoms with E-state index in [0.29, 0.717) is 43.5 Å². The number of halogens is 1. The molecule has 0 N–H and O–H groups in total. The number of morpholine rings is 1. The Labute approximate surface area is 186 Å². The maximum Gasteiger partial charge on any atom is 0.257 e. The van der Waals surface area contributed by atoms with Crippen LogP contribution in [0.2, 0.25) is 5.02 Å². The van der Waals surface area contributed by atoms with E-state index in [-0.39, 0.29) is 30.9 Å². The molecule has 1 unspecified atom stereocenters. The molecule has 1 atom stereocenters. The van der Waals surface area contributed by atoms with Gasteiger partial charge in [0.25, 0.3) is 5.91 Å². The predicted molar refractivity (Wildman–Crippen MR) is 116 cm³/mol. The molecule has 1 aromatic carbocycles. The van der Waals surface area contributed by atoms with Gasteiger partial charge in [-0.1, -0.05) is 23.7 Å². The van der Waals surface area contributed by atoms with E-state index >= 15 is 0 Å². The summed E-state index contributed by atoms with van der Waals surface area (Å²) in [5.74, 6) is 0.476. The maximum absolute atomic E-state index is 13.1. The number of furan rings is 1. The molecular formula is C22H25ClN4O4. The second kappa shape index (κ2) is 9.64. The first-order valence-corrected chi connectivity index (χ1v) is 10.6. The number of likely N-dealkylation sites (N-methyl/N-ethyl adjacent to an activating group) is 1. The van der Waals surface area contributed by atoms with E-state index in [1.54, 1.807) is 41.3 Å². The van der Waals surface area contributed by atoms with Crippen LogP contribution in [0, 0.1) is 0 Å². The van der Waals surface area contributed by atoms with Crippen molar-refractivity contribution in [1.29, 1.82) is 0 Å². The van der Waals surface area contributed by atoms with Gasteiger partial charge in [0.15, 0.2) is 0 Å². The maximum atomic E-state index is 13.1. The molecule has 0 bridgehead atoms. The van der Waals surface area contributed by atoms with Crippen molar-refractivity contribution in [2.75, 3.05) is 46.4 Å². The molecule has 2 aromatic rings. The lowest BCUT2D eigenvalue weighted by molar-refractivity contribution is -0.138. The van der Waals surface area contributed by atoms with Crippen LogP contribution in [0.4, 0.5) is 0 Å². The fraction of sp³-hybridized carbons (Fsp3) is 0.409. The number of hydrazone groups is 1. The largest absolute Gasteiger partial charge is 0.467 e. The minimum atomic E-state index is -0.323. The molecule has 3 heterocycles. The third-order valence-corrected chi connectivity index (χ3v) is 5.64. The van der Waals surface area contributed by atoms with Crippen molar-refractivity contribution in [3.05, 3.63) is 59.0 Å². The first-order valence-electron chi connectivity index (χ1n) is 10.2. The van der Waals surface area contributed by atoms with Gasteiger partial charge < -0.3 is 14.1 Å². The average molecular weight is 445 g/mol. The van der Waals surface area contributed by atoms with Gasteiger partial charge in [-0.3, -0.25) is 14.5 Å². The number of nitrogens with zero attached hydrogens (tertiary/aromatic N) is 4. The molecule has 31 heavy (non-hydrogen) atoms. The fourth-order valence-electron chi connectivity index (χ4n) is 3.76. The monoisotopic (exact) mass is 444 g/mol. The van der Waals surface area contributed by atoms with Gasteiger partial charge in [0.05, 0.1) is 38.3 Å².